The van der Waals surface area contributed by atoms with Crippen molar-refractivity contribution >= 4 is 10.0 Å². The minimum absolute atomic E-state index is 0.0900. The fourth-order valence-corrected chi connectivity index (χ4v) is 3.89. The summed E-state index contributed by atoms with van der Waals surface area (Å²) in [5.41, 5.74) is 5.95. The first-order valence-electron chi connectivity index (χ1n) is 6.57. The molecule has 1 aromatic heterocycles. The Kier molecular flexibility index (Phi) is 5.06. The van der Waals surface area contributed by atoms with Crippen LogP contribution in [0, 0.1) is 0 Å². The highest BCUT2D eigenvalue weighted by Crippen LogP contribution is 2.19. The van der Waals surface area contributed by atoms with Crippen LogP contribution in [-0.2, 0) is 16.6 Å². The van der Waals surface area contributed by atoms with Crippen molar-refractivity contribution in [2.45, 2.75) is 11.4 Å². The van der Waals surface area contributed by atoms with Crippen molar-refractivity contribution in [1.29, 1.82) is 0 Å². The average Bonchev–Trinajstić information content (AvgIpc) is 2.48. The Balaban J connectivity index is 2.16. The minimum atomic E-state index is -3.54. The number of piperazine rings is 1. The molecule has 0 saturated carbocycles. The first-order valence-corrected chi connectivity index (χ1v) is 8.01. The summed E-state index contributed by atoms with van der Waals surface area (Å²) in [5, 5.41) is 8.89. The van der Waals surface area contributed by atoms with Gasteiger partial charge in [0.2, 0.25) is 10.0 Å². The van der Waals surface area contributed by atoms with E-state index >= 15 is 0 Å². The summed E-state index contributed by atoms with van der Waals surface area (Å²) in [5.74, 6) is 0. The number of aromatic nitrogens is 1. The van der Waals surface area contributed by atoms with Crippen LogP contribution in [0.3, 0.4) is 0 Å². The van der Waals surface area contributed by atoms with E-state index < -0.39 is 10.0 Å². The van der Waals surface area contributed by atoms with Crippen molar-refractivity contribution in [3.63, 3.8) is 0 Å². The van der Waals surface area contributed by atoms with Gasteiger partial charge >= 0.3 is 0 Å². The number of hydrogen-bond donors (Lipinski definition) is 2. The fraction of sp³-hybridized carbons (Fsp3) is 0.583. The van der Waals surface area contributed by atoms with Gasteiger partial charge in [-0.3, -0.25) is 9.88 Å². The monoisotopic (exact) mass is 300 g/mol. The molecule has 1 aromatic rings. The summed E-state index contributed by atoms with van der Waals surface area (Å²) in [6.07, 6.45) is 1.54. The number of β-amino-alcohol motifs (C(OH)–C–C–N with tert-alkyl or cyclic N) is 1. The molecule has 1 saturated heterocycles. The maximum Gasteiger partial charge on any atom is 0.245 e. The molecule has 0 amide bonds. The van der Waals surface area contributed by atoms with Crippen molar-refractivity contribution in [2.24, 2.45) is 5.73 Å². The van der Waals surface area contributed by atoms with Gasteiger partial charge in [0.15, 0.2) is 0 Å². The molecule has 1 fully saturated rings. The van der Waals surface area contributed by atoms with Crippen molar-refractivity contribution in [3.8, 4) is 0 Å². The summed E-state index contributed by atoms with van der Waals surface area (Å²) in [6.45, 7) is 2.85. The minimum Gasteiger partial charge on any atom is -0.395 e. The van der Waals surface area contributed by atoms with Crippen LogP contribution in [0.15, 0.2) is 23.2 Å². The van der Waals surface area contributed by atoms with Gasteiger partial charge in [-0.25, -0.2) is 8.42 Å². The number of rotatable bonds is 5. The second-order valence-corrected chi connectivity index (χ2v) is 6.53. The smallest absolute Gasteiger partial charge is 0.245 e. The van der Waals surface area contributed by atoms with Crippen LogP contribution in [-0.4, -0.2) is 67.0 Å². The van der Waals surface area contributed by atoms with E-state index in [1.54, 1.807) is 18.3 Å². The normalized spacial score (nSPS) is 18.3. The molecular formula is C12H20N4O3S. The molecule has 0 spiro atoms. The number of nitrogens with two attached hydrogens (primary N) is 1. The lowest BCUT2D eigenvalue weighted by molar-refractivity contribution is 0.151. The Bertz CT molecular complexity index is 541. The number of pyridine rings is 1. The third-order valence-corrected chi connectivity index (χ3v) is 5.38. The van der Waals surface area contributed by atoms with Crippen molar-refractivity contribution in [1.82, 2.24) is 14.2 Å². The molecule has 112 valence electrons. The molecule has 1 aliphatic heterocycles. The Hall–Kier alpha value is -1.06. The summed E-state index contributed by atoms with van der Waals surface area (Å²) in [4.78, 5) is 6.26. The van der Waals surface area contributed by atoms with Gasteiger partial charge in [0.25, 0.3) is 0 Å². The molecule has 0 unspecified atom stereocenters. The summed E-state index contributed by atoms with van der Waals surface area (Å²) in [6, 6.07) is 3.15. The van der Waals surface area contributed by atoms with E-state index in [0.717, 1.165) is 0 Å². The Labute approximate surface area is 119 Å². The van der Waals surface area contributed by atoms with Crippen LogP contribution < -0.4 is 5.73 Å². The molecule has 8 heteroatoms. The largest absolute Gasteiger partial charge is 0.395 e. The standard InChI is InChI=1S/C12H20N4O3S/c13-10-11-12(2-1-3-14-11)20(18,19)16-6-4-15(5-7-16)8-9-17/h1-3,17H,4-10,13H2. The van der Waals surface area contributed by atoms with E-state index in [2.05, 4.69) is 4.98 Å². The number of hydrogen-bond acceptors (Lipinski definition) is 6. The maximum atomic E-state index is 12.6. The lowest BCUT2D eigenvalue weighted by Crippen LogP contribution is -2.49. The van der Waals surface area contributed by atoms with Gasteiger partial charge in [0.1, 0.15) is 4.90 Å². The molecule has 0 aromatic carbocycles. The van der Waals surface area contributed by atoms with Gasteiger partial charge in [-0.15, -0.1) is 0 Å². The molecule has 3 N–H and O–H groups in total. The Morgan fingerprint density at radius 2 is 2.00 bits per heavy atom. The van der Waals surface area contributed by atoms with E-state index in [0.29, 0.717) is 38.4 Å². The molecular weight excluding hydrogens is 280 g/mol. The number of aliphatic hydroxyl groups excluding tert-OH is 1. The molecule has 1 aliphatic rings. The lowest BCUT2D eigenvalue weighted by Gasteiger charge is -2.33. The predicted molar refractivity (Wildman–Crippen MR) is 74.4 cm³/mol. The second kappa shape index (κ2) is 6.59. The van der Waals surface area contributed by atoms with Gasteiger partial charge in [-0.05, 0) is 12.1 Å². The highest BCUT2D eigenvalue weighted by atomic mass is 32.2. The maximum absolute atomic E-state index is 12.6. The van der Waals surface area contributed by atoms with E-state index in [4.69, 9.17) is 10.8 Å². The fourth-order valence-electron chi connectivity index (χ4n) is 2.29. The molecule has 20 heavy (non-hydrogen) atoms. The highest BCUT2D eigenvalue weighted by Gasteiger charge is 2.30. The molecule has 0 radical (unpaired) electrons. The summed E-state index contributed by atoms with van der Waals surface area (Å²) < 4.78 is 26.6. The third-order valence-electron chi connectivity index (χ3n) is 3.41. The zero-order chi connectivity index (χ0) is 14.6. The molecule has 7 nitrogen and oxygen atoms in total. The zero-order valence-electron chi connectivity index (χ0n) is 11.3. The second-order valence-electron chi connectivity index (χ2n) is 4.62. The Morgan fingerprint density at radius 1 is 1.30 bits per heavy atom. The van der Waals surface area contributed by atoms with Gasteiger partial charge < -0.3 is 10.8 Å². The van der Waals surface area contributed by atoms with Gasteiger partial charge in [-0.1, -0.05) is 0 Å². The van der Waals surface area contributed by atoms with Crippen molar-refractivity contribution in [3.05, 3.63) is 24.0 Å². The zero-order valence-corrected chi connectivity index (χ0v) is 12.1. The predicted octanol–water partition coefficient (Wildman–Crippen LogP) is -1.16. The summed E-state index contributed by atoms with van der Waals surface area (Å²) >= 11 is 0. The first-order chi connectivity index (χ1) is 9.59. The number of aliphatic hydroxyl groups is 1. The van der Waals surface area contributed by atoms with Crippen molar-refractivity contribution < 1.29 is 13.5 Å². The van der Waals surface area contributed by atoms with Crippen LogP contribution in [0.2, 0.25) is 0 Å². The highest BCUT2D eigenvalue weighted by molar-refractivity contribution is 7.89. The lowest BCUT2D eigenvalue weighted by atomic mass is 10.3. The Morgan fingerprint density at radius 3 is 2.60 bits per heavy atom. The number of nitrogens with zero attached hydrogens (tertiary/aromatic N) is 3. The van der Waals surface area contributed by atoms with E-state index in [1.165, 1.54) is 4.31 Å². The van der Waals surface area contributed by atoms with Crippen molar-refractivity contribution in [2.75, 3.05) is 39.3 Å². The summed E-state index contributed by atoms with van der Waals surface area (Å²) in [7, 11) is -3.54. The van der Waals surface area contributed by atoms with Gasteiger partial charge in [0.05, 0.1) is 12.3 Å². The third kappa shape index (κ3) is 3.15. The molecule has 0 atom stereocenters. The van der Waals surface area contributed by atoms with Gasteiger partial charge in [0, 0.05) is 45.5 Å². The van der Waals surface area contributed by atoms with E-state index in [9.17, 15) is 8.42 Å². The van der Waals surface area contributed by atoms with Crippen LogP contribution >= 0.6 is 0 Å². The average molecular weight is 300 g/mol. The molecule has 0 bridgehead atoms. The molecule has 2 rings (SSSR count). The SMILES string of the molecule is NCc1ncccc1S(=O)(=O)N1CCN(CCO)CC1. The van der Waals surface area contributed by atoms with Crippen LogP contribution in [0.25, 0.3) is 0 Å². The van der Waals surface area contributed by atoms with E-state index in [1.807, 2.05) is 4.90 Å². The topological polar surface area (TPSA) is 99.8 Å². The van der Waals surface area contributed by atoms with Crippen LogP contribution in [0.4, 0.5) is 0 Å². The molecule has 2 heterocycles. The quantitative estimate of drug-likeness (QED) is 0.711. The molecule has 0 aliphatic carbocycles. The van der Waals surface area contributed by atoms with E-state index in [-0.39, 0.29) is 18.0 Å². The van der Waals surface area contributed by atoms with Crippen LogP contribution in [0.1, 0.15) is 5.69 Å². The first kappa shape index (κ1) is 15.3. The number of sulfonamides is 1. The van der Waals surface area contributed by atoms with Gasteiger partial charge in [-0.2, -0.15) is 4.31 Å². The van der Waals surface area contributed by atoms with Crippen LogP contribution in [0.5, 0.6) is 0 Å².